The van der Waals surface area contributed by atoms with Crippen LogP contribution in [0.25, 0.3) is 44.2 Å². The first-order chi connectivity index (χ1) is 15.8. The molecule has 4 nitrogen and oxygen atoms in total. The summed E-state index contributed by atoms with van der Waals surface area (Å²) in [5, 5.41) is 5.74. The first-order valence-electron chi connectivity index (χ1n) is 11.1. The molecule has 0 saturated carbocycles. The number of nitrogens with zero attached hydrogens (tertiary/aromatic N) is 3. The van der Waals surface area contributed by atoms with E-state index < -0.39 is 0 Å². The Morgan fingerprint density at radius 2 is 1.62 bits per heavy atom. The first kappa shape index (κ1) is 19.1. The Morgan fingerprint density at radius 1 is 0.844 bits per heavy atom. The lowest BCUT2D eigenvalue weighted by Gasteiger charge is -2.24. The molecule has 5 heteroatoms. The summed E-state index contributed by atoms with van der Waals surface area (Å²) in [5.74, 6) is -0.256. The van der Waals surface area contributed by atoms with Crippen LogP contribution in [0.3, 0.4) is 0 Å². The van der Waals surface area contributed by atoms with E-state index in [1.54, 1.807) is 6.07 Å². The van der Waals surface area contributed by atoms with Crippen LogP contribution in [-0.2, 0) is 0 Å². The zero-order chi connectivity index (χ0) is 21.5. The topological polar surface area (TPSA) is 42.7 Å². The van der Waals surface area contributed by atoms with Crippen molar-refractivity contribution in [2.24, 2.45) is 0 Å². The summed E-state index contributed by atoms with van der Waals surface area (Å²) in [6, 6.07) is 21.9. The molecule has 1 saturated heterocycles. The number of hydrogen-bond acceptors (Lipinski definition) is 3. The van der Waals surface area contributed by atoms with Crippen molar-refractivity contribution in [3.05, 3.63) is 85.1 Å². The van der Waals surface area contributed by atoms with E-state index in [2.05, 4.69) is 40.2 Å². The Bertz CT molecular complexity index is 1430. The average molecular weight is 423 g/mol. The number of imidazole rings is 1. The van der Waals surface area contributed by atoms with Gasteiger partial charge in [-0.2, -0.15) is 0 Å². The Labute approximate surface area is 185 Å². The molecule has 6 rings (SSSR count). The van der Waals surface area contributed by atoms with E-state index in [1.807, 2.05) is 36.8 Å². The maximum absolute atomic E-state index is 14.9. The van der Waals surface area contributed by atoms with Crippen LogP contribution in [0.15, 0.2) is 79.3 Å². The third-order valence-corrected chi connectivity index (χ3v) is 6.49. The van der Waals surface area contributed by atoms with Crippen LogP contribution < -0.4 is 5.32 Å². The van der Waals surface area contributed by atoms with Crippen molar-refractivity contribution in [1.82, 2.24) is 19.9 Å². The van der Waals surface area contributed by atoms with Crippen molar-refractivity contribution in [2.75, 3.05) is 13.1 Å². The molecule has 0 unspecified atom stereocenters. The molecule has 5 aromatic rings. The van der Waals surface area contributed by atoms with E-state index in [4.69, 9.17) is 9.97 Å². The molecule has 0 radical (unpaired) electrons. The van der Waals surface area contributed by atoms with Crippen LogP contribution in [-0.4, -0.2) is 27.6 Å². The lowest BCUT2D eigenvalue weighted by Crippen LogP contribution is -2.29. The van der Waals surface area contributed by atoms with E-state index in [1.165, 1.54) is 11.5 Å². The quantitative estimate of drug-likeness (QED) is 0.389. The van der Waals surface area contributed by atoms with E-state index in [0.717, 1.165) is 59.2 Å². The van der Waals surface area contributed by atoms with Crippen LogP contribution in [0.2, 0.25) is 0 Å². The molecule has 1 aliphatic rings. The smallest absolute Gasteiger partial charge is 0.160 e. The predicted octanol–water partition coefficient (Wildman–Crippen LogP) is 5.98. The fourth-order valence-corrected chi connectivity index (χ4v) is 4.85. The molecule has 1 N–H and O–H groups in total. The Morgan fingerprint density at radius 3 is 2.47 bits per heavy atom. The summed E-state index contributed by atoms with van der Waals surface area (Å²) < 4.78 is 17.1. The van der Waals surface area contributed by atoms with Crippen LogP contribution in [0, 0.1) is 5.82 Å². The van der Waals surface area contributed by atoms with Gasteiger partial charge in [0.05, 0.1) is 6.33 Å². The van der Waals surface area contributed by atoms with Crippen molar-refractivity contribution < 1.29 is 4.39 Å². The standard InChI is InChI=1S/C27H23FN4/c28-24-8-4-3-7-22(24)23-16-30-27-26(31-17-32(27)21-11-13-29-14-12-21)25(23)20-10-9-18-5-1-2-6-19(18)15-20/h1-10,15-17,21,29H,11-14H2. The molecule has 0 atom stereocenters. The van der Waals surface area contributed by atoms with E-state index in [-0.39, 0.29) is 5.82 Å². The van der Waals surface area contributed by atoms with E-state index in [0.29, 0.717) is 11.6 Å². The first-order valence-corrected chi connectivity index (χ1v) is 11.1. The largest absolute Gasteiger partial charge is 0.317 e. The van der Waals surface area contributed by atoms with Crippen LogP contribution in [0.5, 0.6) is 0 Å². The van der Waals surface area contributed by atoms with Gasteiger partial charge in [-0.05, 0) is 54.4 Å². The van der Waals surface area contributed by atoms with Crippen molar-refractivity contribution in [1.29, 1.82) is 0 Å². The number of halogens is 1. The third-order valence-electron chi connectivity index (χ3n) is 6.49. The molecule has 0 spiro atoms. The minimum atomic E-state index is -0.256. The predicted molar refractivity (Wildman–Crippen MR) is 127 cm³/mol. The fourth-order valence-electron chi connectivity index (χ4n) is 4.85. The molecular weight excluding hydrogens is 399 g/mol. The molecule has 0 bridgehead atoms. The third kappa shape index (κ3) is 3.17. The van der Waals surface area contributed by atoms with Gasteiger partial charge in [-0.25, -0.2) is 14.4 Å². The Balaban J connectivity index is 1.62. The summed E-state index contributed by atoms with van der Waals surface area (Å²) >= 11 is 0. The van der Waals surface area contributed by atoms with Gasteiger partial charge in [0.15, 0.2) is 5.65 Å². The Hall–Kier alpha value is -3.57. The van der Waals surface area contributed by atoms with Crippen LogP contribution in [0.4, 0.5) is 4.39 Å². The van der Waals surface area contributed by atoms with Crippen molar-refractivity contribution >= 4 is 21.9 Å². The number of rotatable bonds is 3. The number of fused-ring (bicyclic) bond motifs is 2. The number of hydrogen-bond donors (Lipinski definition) is 1. The second-order valence-corrected chi connectivity index (χ2v) is 8.39. The van der Waals surface area contributed by atoms with E-state index in [9.17, 15) is 4.39 Å². The van der Waals surface area contributed by atoms with Crippen LogP contribution in [0.1, 0.15) is 18.9 Å². The summed E-state index contributed by atoms with van der Waals surface area (Å²) in [6.45, 7) is 1.99. The Kier molecular flexibility index (Phi) is 4.69. The average Bonchev–Trinajstić information content (AvgIpc) is 3.28. The van der Waals surface area contributed by atoms with Gasteiger partial charge in [0.2, 0.25) is 0 Å². The molecule has 1 aliphatic heterocycles. The zero-order valence-electron chi connectivity index (χ0n) is 17.6. The highest BCUT2D eigenvalue weighted by Crippen LogP contribution is 2.39. The normalized spacial score (nSPS) is 14.9. The fraction of sp³-hybridized carbons (Fsp3) is 0.185. The monoisotopic (exact) mass is 422 g/mol. The molecular formula is C27H23FN4. The van der Waals surface area contributed by atoms with Gasteiger partial charge in [-0.15, -0.1) is 0 Å². The summed E-state index contributed by atoms with van der Waals surface area (Å²) in [5.41, 5.74) is 4.94. The number of piperidine rings is 1. The molecule has 3 heterocycles. The molecule has 0 aliphatic carbocycles. The van der Waals surface area contributed by atoms with E-state index >= 15 is 0 Å². The lowest BCUT2D eigenvalue weighted by molar-refractivity contribution is 0.373. The number of nitrogens with one attached hydrogen (secondary N) is 1. The van der Waals surface area contributed by atoms with Crippen LogP contribution >= 0.6 is 0 Å². The molecule has 3 aromatic carbocycles. The maximum atomic E-state index is 14.9. The maximum Gasteiger partial charge on any atom is 0.160 e. The minimum Gasteiger partial charge on any atom is -0.317 e. The molecule has 158 valence electrons. The van der Waals surface area contributed by atoms with Gasteiger partial charge < -0.3 is 9.88 Å². The van der Waals surface area contributed by atoms with Gasteiger partial charge >= 0.3 is 0 Å². The summed E-state index contributed by atoms with van der Waals surface area (Å²) in [4.78, 5) is 9.62. The highest BCUT2D eigenvalue weighted by atomic mass is 19.1. The van der Waals surface area contributed by atoms with Crippen molar-refractivity contribution in [3.8, 4) is 22.3 Å². The zero-order valence-corrected chi connectivity index (χ0v) is 17.6. The lowest BCUT2D eigenvalue weighted by atomic mass is 9.93. The second-order valence-electron chi connectivity index (χ2n) is 8.39. The highest BCUT2D eigenvalue weighted by Gasteiger charge is 2.22. The molecule has 2 aromatic heterocycles. The van der Waals surface area contributed by atoms with Gasteiger partial charge in [0.25, 0.3) is 0 Å². The van der Waals surface area contributed by atoms with Gasteiger partial charge in [0, 0.05) is 28.9 Å². The number of pyridine rings is 1. The molecule has 32 heavy (non-hydrogen) atoms. The number of benzene rings is 3. The second kappa shape index (κ2) is 7.84. The van der Waals surface area contributed by atoms with Crippen molar-refractivity contribution in [2.45, 2.75) is 18.9 Å². The van der Waals surface area contributed by atoms with Gasteiger partial charge in [-0.1, -0.05) is 54.6 Å². The SMILES string of the molecule is Fc1ccccc1-c1cnc2c(ncn2C2CCNCC2)c1-c1ccc2ccccc2c1. The summed E-state index contributed by atoms with van der Waals surface area (Å²) in [6.07, 6.45) is 5.81. The van der Waals surface area contributed by atoms with Gasteiger partial charge in [-0.3, -0.25) is 0 Å². The number of aromatic nitrogens is 3. The molecule has 0 amide bonds. The highest BCUT2D eigenvalue weighted by molar-refractivity contribution is 6.01. The minimum absolute atomic E-state index is 0.256. The van der Waals surface area contributed by atoms with Crippen molar-refractivity contribution in [3.63, 3.8) is 0 Å². The summed E-state index contributed by atoms with van der Waals surface area (Å²) in [7, 11) is 0. The van der Waals surface area contributed by atoms with Gasteiger partial charge in [0.1, 0.15) is 11.3 Å². The molecule has 1 fully saturated rings.